The number of carbonyl (C=O) groups is 6. The number of nitrogens with zero attached hydrogens (tertiary/aromatic N) is 1. The van der Waals surface area contributed by atoms with E-state index in [9.17, 15) is 28.8 Å². The van der Waals surface area contributed by atoms with Crippen LogP contribution in [0.5, 0.6) is 0 Å². The number of rotatable bonds is 24. The highest BCUT2D eigenvalue weighted by Crippen LogP contribution is 2.16. The topological polar surface area (TPSA) is 192 Å². The minimum atomic E-state index is -1.45. The van der Waals surface area contributed by atoms with Gasteiger partial charge in [0, 0.05) is 20.2 Å². The van der Waals surface area contributed by atoms with Gasteiger partial charge in [0.1, 0.15) is 29.7 Å². The van der Waals surface area contributed by atoms with Crippen LogP contribution in [-0.2, 0) is 39.9 Å². The standard InChI is InChI=1S/C39H64N4O10SSi/c1-11-13-14-15-16-20-33(45)54-22-18-17-19-28(24-32(44)50-21-23-55(8,9)10)52-37(48)34(27(3)4)43-35(46)29(12-2)42-36(47)30-26-51-31(41-30)25-40-38(49)53-39(5,6)7/h12,17,19,26-28,34H,11,13-16,18,20-25H2,1-10H3,(H,40,49)(H,42,47)(H,43,46)/t28-,34+/m1/s1. The molecule has 0 saturated heterocycles. The maximum Gasteiger partial charge on any atom is 0.408 e. The van der Waals surface area contributed by atoms with Crippen LogP contribution >= 0.6 is 11.8 Å². The zero-order chi connectivity index (χ0) is 41.6. The summed E-state index contributed by atoms with van der Waals surface area (Å²) in [5, 5.41) is 7.72. The van der Waals surface area contributed by atoms with Gasteiger partial charge in [-0.1, -0.05) is 90.0 Å². The Morgan fingerprint density at radius 1 is 1.04 bits per heavy atom. The first-order valence-corrected chi connectivity index (χ1v) is 23.8. The van der Waals surface area contributed by atoms with E-state index in [0.717, 1.165) is 38.0 Å². The number of ether oxygens (including phenoxy) is 3. The fourth-order valence-corrected chi connectivity index (χ4v) is 6.11. The molecular formula is C39H64N4O10SSi. The Bertz CT molecular complexity index is 1460. The van der Waals surface area contributed by atoms with Gasteiger partial charge in [0.25, 0.3) is 11.8 Å². The van der Waals surface area contributed by atoms with Gasteiger partial charge < -0.3 is 34.6 Å². The fourth-order valence-electron chi connectivity index (χ4n) is 4.62. The first-order valence-electron chi connectivity index (χ1n) is 19.1. The number of esters is 2. The van der Waals surface area contributed by atoms with Crippen LogP contribution in [0.1, 0.15) is 116 Å². The summed E-state index contributed by atoms with van der Waals surface area (Å²) >= 11 is 1.26. The SMILES string of the molecule is CC=C(NC(=O)c1coc(CNC(=O)OC(C)(C)C)n1)C(=O)N[C@H](C(=O)O[C@H](C=CCCSC(=O)CCCCCCC)CC(=O)OCC[Si](C)(C)C)C(C)C. The lowest BCUT2D eigenvalue weighted by Gasteiger charge is -2.24. The lowest BCUT2D eigenvalue weighted by molar-refractivity contribution is -0.156. The van der Waals surface area contributed by atoms with Crippen molar-refractivity contribution in [3.63, 3.8) is 0 Å². The molecule has 1 aromatic rings. The van der Waals surface area contributed by atoms with Crippen molar-refractivity contribution in [2.75, 3.05) is 12.4 Å². The van der Waals surface area contributed by atoms with Crippen molar-refractivity contribution < 1.29 is 47.4 Å². The Morgan fingerprint density at radius 2 is 1.73 bits per heavy atom. The molecule has 14 nitrogen and oxygen atoms in total. The molecule has 1 rings (SSSR count). The van der Waals surface area contributed by atoms with Gasteiger partial charge in [0.05, 0.1) is 19.6 Å². The maximum absolute atomic E-state index is 13.5. The van der Waals surface area contributed by atoms with Crippen molar-refractivity contribution in [1.82, 2.24) is 20.9 Å². The van der Waals surface area contributed by atoms with Crippen LogP contribution in [0.4, 0.5) is 4.79 Å². The predicted octanol–water partition coefficient (Wildman–Crippen LogP) is 7.22. The molecule has 3 amide bonds. The summed E-state index contributed by atoms with van der Waals surface area (Å²) in [6.45, 7) is 18.9. The van der Waals surface area contributed by atoms with Gasteiger partial charge in [-0.15, -0.1) is 0 Å². The molecule has 0 saturated carbocycles. The number of oxazole rings is 1. The van der Waals surface area contributed by atoms with Gasteiger partial charge in [-0.25, -0.2) is 14.6 Å². The molecule has 0 fully saturated rings. The van der Waals surface area contributed by atoms with E-state index in [2.05, 4.69) is 47.5 Å². The zero-order valence-electron chi connectivity index (χ0n) is 34.5. The molecule has 55 heavy (non-hydrogen) atoms. The van der Waals surface area contributed by atoms with Crippen LogP contribution in [0.25, 0.3) is 0 Å². The number of hydrogen-bond donors (Lipinski definition) is 3. The van der Waals surface area contributed by atoms with E-state index in [4.69, 9.17) is 18.6 Å². The number of amides is 3. The number of nitrogens with one attached hydrogen (secondary N) is 3. The van der Waals surface area contributed by atoms with Gasteiger partial charge in [0.2, 0.25) is 5.89 Å². The molecule has 0 aliphatic rings. The normalized spacial score (nSPS) is 13.3. The summed E-state index contributed by atoms with van der Waals surface area (Å²) in [6, 6.07) is -0.349. The van der Waals surface area contributed by atoms with Gasteiger partial charge in [0.15, 0.2) is 10.8 Å². The van der Waals surface area contributed by atoms with E-state index in [-0.39, 0.29) is 42.0 Å². The van der Waals surface area contributed by atoms with Crippen molar-refractivity contribution in [1.29, 1.82) is 0 Å². The highest BCUT2D eigenvalue weighted by atomic mass is 32.2. The molecule has 3 N–H and O–H groups in total. The van der Waals surface area contributed by atoms with Crippen molar-refractivity contribution in [2.24, 2.45) is 5.92 Å². The van der Waals surface area contributed by atoms with Crippen LogP contribution < -0.4 is 16.0 Å². The molecule has 0 unspecified atom stereocenters. The van der Waals surface area contributed by atoms with Crippen molar-refractivity contribution in [2.45, 2.75) is 150 Å². The lowest BCUT2D eigenvalue weighted by atomic mass is 10.0. The van der Waals surface area contributed by atoms with E-state index in [0.29, 0.717) is 18.6 Å². The second kappa shape index (κ2) is 25.3. The van der Waals surface area contributed by atoms with Gasteiger partial charge in [-0.3, -0.25) is 19.2 Å². The summed E-state index contributed by atoms with van der Waals surface area (Å²) in [4.78, 5) is 80.8. The Hall–Kier alpha value is -3.92. The Morgan fingerprint density at radius 3 is 2.35 bits per heavy atom. The predicted molar refractivity (Wildman–Crippen MR) is 216 cm³/mol. The molecule has 0 aromatic carbocycles. The van der Waals surface area contributed by atoms with Crippen LogP contribution in [0.3, 0.4) is 0 Å². The van der Waals surface area contributed by atoms with Gasteiger partial charge in [-0.2, -0.15) is 0 Å². The highest BCUT2D eigenvalue weighted by Gasteiger charge is 2.30. The van der Waals surface area contributed by atoms with Gasteiger partial charge >= 0.3 is 18.0 Å². The maximum atomic E-state index is 13.5. The van der Waals surface area contributed by atoms with E-state index >= 15 is 0 Å². The molecule has 0 aliphatic carbocycles. The Labute approximate surface area is 332 Å². The number of unbranched alkanes of at least 4 members (excludes halogenated alkanes) is 4. The summed E-state index contributed by atoms with van der Waals surface area (Å²) in [6.07, 6.45) is 10.4. The summed E-state index contributed by atoms with van der Waals surface area (Å²) in [5.74, 6) is -2.66. The van der Waals surface area contributed by atoms with Crippen LogP contribution in [0, 0.1) is 5.92 Å². The van der Waals surface area contributed by atoms with E-state index in [1.54, 1.807) is 46.8 Å². The average molecular weight is 809 g/mol. The summed E-state index contributed by atoms with van der Waals surface area (Å²) in [7, 11) is -1.45. The molecule has 0 bridgehead atoms. The van der Waals surface area contributed by atoms with E-state index < -0.39 is 61.6 Å². The fraction of sp³-hybridized carbons (Fsp3) is 0.667. The summed E-state index contributed by atoms with van der Waals surface area (Å²) < 4.78 is 21.7. The Balaban J connectivity index is 2.91. The number of aromatic nitrogens is 1. The molecule has 1 heterocycles. The highest BCUT2D eigenvalue weighted by molar-refractivity contribution is 8.13. The number of alkyl carbamates (subject to hydrolysis) is 1. The van der Waals surface area contributed by atoms with Gasteiger partial charge in [-0.05, 0) is 58.6 Å². The smallest absolute Gasteiger partial charge is 0.408 e. The molecule has 310 valence electrons. The number of carbonyl (C=O) groups excluding carboxylic acids is 6. The van der Waals surface area contributed by atoms with Crippen molar-refractivity contribution in [3.8, 4) is 0 Å². The van der Waals surface area contributed by atoms with Crippen molar-refractivity contribution in [3.05, 3.63) is 41.8 Å². The third-order valence-electron chi connectivity index (χ3n) is 7.69. The third-order valence-corrected chi connectivity index (χ3v) is 10.4. The Kier molecular flexibility index (Phi) is 22.6. The monoisotopic (exact) mass is 808 g/mol. The lowest BCUT2D eigenvalue weighted by Crippen LogP contribution is -2.48. The second-order valence-electron chi connectivity index (χ2n) is 15.6. The zero-order valence-corrected chi connectivity index (χ0v) is 36.3. The van der Waals surface area contributed by atoms with Crippen LogP contribution in [0.15, 0.2) is 34.6 Å². The van der Waals surface area contributed by atoms with E-state index in [1.807, 2.05) is 0 Å². The van der Waals surface area contributed by atoms with Crippen molar-refractivity contribution >= 4 is 54.8 Å². The third kappa shape index (κ3) is 22.9. The second-order valence-corrected chi connectivity index (χ2v) is 22.4. The molecule has 0 spiro atoms. The average Bonchev–Trinajstić information content (AvgIpc) is 3.56. The minimum Gasteiger partial charge on any atom is -0.466 e. The van der Waals surface area contributed by atoms with Crippen LogP contribution in [0.2, 0.25) is 25.7 Å². The molecule has 16 heteroatoms. The minimum absolute atomic E-state index is 0.0362. The first kappa shape index (κ1) is 49.1. The molecule has 0 radical (unpaired) electrons. The first-order chi connectivity index (χ1) is 25.7. The largest absolute Gasteiger partial charge is 0.466 e. The quantitative estimate of drug-likeness (QED) is 0.0238. The number of hydrogen-bond acceptors (Lipinski definition) is 12. The molecule has 0 aliphatic heterocycles. The molecular weight excluding hydrogens is 745 g/mol. The summed E-state index contributed by atoms with van der Waals surface area (Å²) in [5.41, 5.74) is -1.00. The molecule has 2 atom stereocenters. The van der Waals surface area contributed by atoms with Crippen LogP contribution in [-0.4, -0.2) is 78.1 Å². The molecule has 1 aromatic heterocycles. The van der Waals surface area contributed by atoms with E-state index in [1.165, 1.54) is 31.2 Å². The number of thioether (sulfide) groups is 1. The number of allylic oxidation sites excluding steroid dienone is 2.